The van der Waals surface area contributed by atoms with Gasteiger partial charge in [0, 0.05) is 20.1 Å². The summed E-state index contributed by atoms with van der Waals surface area (Å²) < 4.78 is 19.3. The molecule has 26 heavy (non-hydrogen) atoms. The molecule has 1 aromatic carbocycles. The summed E-state index contributed by atoms with van der Waals surface area (Å²) in [6.07, 6.45) is 3.56. The fourth-order valence-corrected chi connectivity index (χ4v) is 2.87. The fraction of sp³-hybridized carbons (Fsp3) is 0.421. The first-order chi connectivity index (χ1) is 12.3. The molecular formula is C19H25FN4O2. The number of ether oxygens (including phenoxy) is 1. The van der Waals surface area contributed by atoms with Gasteiger partial charge in [0.1, 0.15) is 17.2 Å². The van der Waals surface area contributed by atoms with Gasteiger partial charge in [-0.3, -0.25) is 4.98 Å². The number of alkyl carbamates (subject to hydrolysis) is 1. The van der Waals surface area contributed by atoms with E-state index < -0.39 is 11.7 Å². The molecule has 1 saturated heterocycles. The highest BCUT2D eigenvalue weighted by molar-refractivity contribution is 5.68. The van der Waals surface area contributed by atoms with Crippen LogP contribution < -0.4 is 10.2 Å². The number of hydrogen-bond donors (Lipinski definition) is 1. The van der Waals surface area contributed by atoms with Gasteiger partial charge in [-0.1, -0.05) is 12.1 Å². The molecule has 1 aromatic heterocycles. The van der Waals surface area contributed by atoms with Crippen molar-refractivity contribution < 1.29 is 15.3 Å². The molecule has 1 atom stereocenters. The largest absolute Gasteiger partial charge is 0.444 e. The minimum Gasteiger partial charge on any atom is -0.444 e. The van der Waals surface area contributed by atoms with Gasteiger partial charge in [0.25, 0.3) is 0 Å². The van der Waals surface area contributed by atoms with E-state index in [1.165, 1.54) is 6.07 Å². The minimum atomic E-state index is -0.526. The molecule has 0 bridgehead atoms. The van der Waals surface area contributed by atoms with E-state index in [-0.39, 0.29) is 13.3 Å². The number of aromatic nitrogens is 2. The number of halogens is 1. The highest BCUT2D eigenvalue weighted by Gasteiger charge is 2.27. The van der Waals surface area contributed by atoms with E-state index in [1.54, 1.807) is 30.6 Å². The summed E-state index contributed by atoms with van der Waals surface area (Å²) in [5, 5.41) is 2.88. The van der Waals surface area contributed by atoms with Gasteiger partial charge in [0.15, 0.2) is 0 Å². The fourth-order valence-electron chi connectivity index (χ4n) is 2.87. The SMILES string of the molecule is CC(C)(C)OC(=O)N[C@@H]1CCN(c2cncc(-c3ccccc3F)n2)C1.[HH]. The monoisotopic (exact) mass is 360 g/mol. The molecule has 0 saturated carbocycles. The average Bonchev–Trinajstić information content (AvgIpc) is 3.02. The maximum atomic E-state index is 14.0. The van der Waals surface area contributed by atoms with Crippen molar-refractivity contribution in [3.63, 3.8) is 0 Å². The van der Waals surface area contributed by atoms with Gasteiger partial charge in [-0.05, 0) is 39.3 Å². The lowest BCUT2D eigenvalue weighted by molar-refractivity contribution is 0.0509. The Morgan fingerprint density at radius 3 is 2.85 bits per heavy atom. The van der Waals surface area contributed by atoms with Crippen LogP contribution in [0.5, 0.6) is 0 Å². The number of nitrogens with zero attached hydrogens (tertiary/aromatic N) is 3. The van der Waals surface area contributed by atoms with Crippen LogP contribution in [0.25, 0.3) is 11.3 Å². The predicted molar refractivity (Wildman–Crippen MR) is 99.5 cm³/mol. The lowest BCUT2D eigenvalue weighted by Gasteiger charge is -2.22. The van der Waals surface area contributed by atoms with Crippen LogP contribution in [0.4, 0.5) is 15.0 Å². The molecule has 1 aliphatic heterocycles. The minimum absolute atomic E-state index is 0. The molecule has 6 nitrogen and oxygen atoms in total. The Morgan fingerprint density at radius 1 is 1.35 bits per heavy atom. The summed E-state index contributed by atoms with van der Waals surface area (Å²) in [7, 11) is 0. The third kappa shape index (κ3) is 4.47. The van der Waals surface area contributed by atoms with Gasteiger partial charge >= 0.3 is 6.09 Å². The molecule has 1 aliphatic rings. The lowest BCUT2D eigenvalue weighted by atomic mass is 10.1. The Hall–Kier alpha value is -2.70. The van der Waals surface area contributed by atoms with Crippen molar-refractivity contribution in [1.82, 2.24) is 15.3 Å². The molecule has 1 N–H and O–H groups in total. The molecule has 0 spiro atoms. The van der Waals surface area contributed by atoms with Gasteiger partial charge in [-0.15, -0.1) is 0 Å². The summed E-state index contributed by atoms with van der Waals surface area (Å²) in [5.41, 5.74) is 0.385. The Morgan fingerprint density at radius 2 is 2.12 bits per heavy atom. The molecule has 2 aromatic rings. The average molecular weight is 360 g/mol. The number of amides is 1. The van der Waals surface area contributed by atoms with E-state index >= 15 is 0 Å². The van der Waals surface area contributed by atoms with E-state index in [9.17, 15) is 9.18 Å². The molecule has 140 valence electrons. The van der Waals surface area contributed by atoms with Crippen LogP contribution in [-0.2, 0) is 4.74 Å². The standard InChI is InChI=1S/C19H23FN4O2.H2/c1-19(2,3)26-18(25)22-13-8-9-24(12-13)17-11-21-10-16(23-17)14-6-4-5-7-15(14)20;/h4-7,10-11,13H,8-9,12H2,1-3H3,(H,22,25);1H/t13-;/m1./s1. The van der Waals surface area contributed by atoms with Crippen molar-refractivity contribution in [3.8, 4) is 11.3 Å². The van der Waals surface area contributed by atoms with E-state index in [0.29, 0.717) is 23.6 Å². The summed E-state index contributed by atoms with van der Waals surface area (Å²) in [5.74, 6) is 0.337. The summed E-state index contributed by atoms with van der Waals surface area (Å²) >= 11 is 0. The molecule has 3 rings (SSSR count). The number of nitrogens with one attached hydrogen (secondary N) is 1. The van der Waals surface area contributed by atoms with Crippen LogP contribution in [0.3, 0.4) is 0 Å². The number of benzene rings is 1. The molecule has 0 aliphatic carbocycles. The first kappa shape index (κ1) is 18.1. The summed E-state index contributed by atoms with van der Waals surface area (Å²) in [6, 6.07) is 6.47. The van der Waals surface area contributed by atoms with Crippen molar-refractivity contribution >= 4 is 11.9 Å². The highest BCUT2D eigenvalue weighted by Crippen LogP contribution is 2.24. The van der Waals surface area contributed by atoms with E-state index in [1.807, 2.05) is 25.7 Å². The van der Waals surface area contributed by atoms with Gasteiger partial charge < -0.3 is 15.0 Å². The molecule has 0 unspecified atom stereocenters. The lowest BCUT2D eigenvalue weighted by Crippen LogP contribution is -2.40. The Labute approximate surface area is 153 Å². The molecule has 1 amide bonds. The maximum absolute atomic E-state index is 14.0. The third-order valence-electron chi connectivity index (χ3n) is 4.00. The second-order valence-corrected chi connectivity index (χ2v) is 7.32. The second-order valence-electron chi connectivity index (χ2n) is 7.32. The smallest absolute Gasteiger partial charge is 0.407 e. The molecular weight excluding hydrogens is 335 g/mol. The van der Waals surface area contributed by atoms with Gasteiger partial charge in [0.2, 0.25) is 0 Å². The Bertz CT molecular complexity index is 797. The van der Waals surface area contributed by atoms with Crippen molar-refractivity contribution in [2.45, 2.75) is 38.8 Å². The third-order valence-corrected chi connectivity index (χ3v) is 4.00. The van der Waals surface area contributed by atoms with E-state index in [2.05, 4.69) is 15.3 Å². The van der Waals surface area contributed by atoms with E-state index in [0.717, 1.165) is 13.0 Å². The normalized spacial score (nSPS) is 17.2. The van der Waals surface area contributed by atoms with Crippen LogP contribution in [0, 0.1) is 5.82 Å². The zero-order chi connectivity index (χ0) is 18.7. The van der Waals surface area contributed by atoms with Crippen LogP contribution in [0.2, 0.25) is 0 Å². The number of rotatable bonds is 3. The van der Waals surface area contributed by atoms with Crippen LogP contribution in [0.1, 0.15) is 28.6 Å². The predicted octanol–water partition coefficient (Wildman–Crippen LogP) is 3.63. The number of carbonyl (C=O) groups is 1. The number of anilines is 1. The summed E-state index contributed by atoms with van der Waals surface area (Å²) in [4.78, 5) is 22.7. The molecule has 0 radical (unpaired) electrons. The van der Waals surface area contributed by atoms with Gasteiger partial charge in [-0.2, -0.15) is 0 Å². The van der Waals surface area contributed by atoms with Gasteiger partial charge in [-0.25, -0.2) is 14.2 Å². The van der Waals surface area contributed by atoms with Crippen LogP contribution in [-0.4, -0.2) is 40.8 Å². The quantitative estimate of drug-likeness (QED) is 0.905. The van der Waals surface area contributed by atoms with Crippen LogP contribution in [0.15, 0.2) is 36.7 Å². The number of hydrogen-bond acceptors (Lipinski definition) is 5. The summed E-state index contributed by atoms with van der Waals surface area (Å²) in [6.45, 7) is 6.83. The second kappa shape index (κ2) is 7.27. The van der Waals surface area contributed by atoms with Gasteiger partial charge in [0.05, 0.1) is 24.1 Å². The van der Waals surface area contributed by atoms with Crippen molar-refractivity contribution in [1.29, 1.82) is 0 Å². The van der Waals surface area contributed by atoms with E-state index in [4.69, 9.17) is 4.74 Å². The number of carbonyl (C=O) groups excluding carboxylic acids is 1. The zero-order valence-corrected chi connectivity index (χ0v) is 15.2. The van der Waals surface area contributed by atoms with Crippen molar-refractivity contribution in [2.24, 2.45) is 0 Å². The maximum Gasteiger partial charge on any atom is 0.407 e. The zero-order valence-electron chi connectivity index (χ0n) is 15.2. The first-order valence-corrected chi connectivity index (χ1v) is 8.63. The Balaban J connectivity index is 0.00000261. The topological polar surface area (TPSA) is 67.3 Å². The van der Waals surface area contributed by atoms with Crippen LogP contribution >= 0.6 is 0 Å². The highest BCUT2D eigenvalue weighted by atomic mass is 19.1. The molecule has 7 heteroatoms. The Kier molecular flexibility index (Phi) is 5.06. The van der Waals surface area contributed by atoms with Crippen molar-refractivity contribution in [2.75, 3.05) is 18.0 Å². The molecule has 1 fully saturated rings. The molecule has 2 heterocycles. The van der Waals surface area contributed by atoms with Crippen molar-refractivity contribution in [3.05, 3.63) is 42.5 Å². The first-order valence-electron chi connectivity index (χ1n) is 8.63.